The fourth-order valence-electron chi connectivity index (χ4n) is 2.30. The van der Waals surface area contributed by atoms with Gasteiger partial charge < -0.3 is 10.2 Å². The second kappa shape index (κ2) is 5.91. The normalized spacial score (nSPS) is 25.6. The van der Waals surface area contributed by atoms with Gasteiger partial charge in [0.2, 0.25) is 5.91 Å². The fourth-order valence-corrected chi connectivity index (χ4v) is 2.30. The summed E-state index contributed by atoms with van der Waals surface area (Å²) in [6.45, 7) is 5.59. The molecular weight excluding hydrogens is 245 g/mol. The Kier molecular flexibility index (Phi) is 5.01. The van der Waals surface area contributed by atoms with Crippen LogP contribution in [0.3, 0.4) is 0 Å². The number of carbonyl (C=O) groups is 1. The quantitative estimate of drug-likeness (QED) is 0.847. The third-order valence-corrected chi connectivity index (χ3v) is 3.06. The highest BCUT2D eigenvalue weighted by atomic mass is 19.4. The zero-order valence-electron chi connectivity index (χ0n) is 11.0. The lowest BCUT2D eigenvalue weighted by Crippen LogP contribution is -2.53. The van der Waals surface area contributed by atoms with Crippen molar-refractivity contribution in [3.05, 3.63) is 0 Å². The number of nitrogens with one attached hydrogen (secondary N) is 1. The van der Waals surface area contributed by atoms with E-state index in [4.69, 9.17) is 0 Å². The highest BCUT2D eigenvalue weighted by Gasteiger charge is 2.32. The van der Waals surface area contributed by atoms with Crippen molar-refractivity contribution in [1.82, 2.24) is 10.2 Å². The van der Waals surface area contributed by atoms with E-state index in [0.29, 0.717) is 19.5 Å². The van der Waals surface area contributed by atoms with Gasteiger partial charge in [-0.1, -0.05) is 20.8 Å². The lowest BCUT2D eigenvalue weighted by molar-refractivity contribution is -0.138. The minimum atomic E-state index is -4.20. The Morgan fingerprint density at radius 2 is 2.00 bits per heavy atom. The summed E-state index contributed by atoms with van der Waals surface area (Å²) in [5.74, 6) is 0.131. The molecule has 1 heterocycles. The zero-order chi connectivity index (χ0) is 13.9. The van der Waals surface area contributed by atoms with Gasteiger partial charge in [0.1, 0.15) is 0 Å². The Bertz CT molecular complexity index is 292. The average Bonchev–Trinajstić information content (AvgIpc) is 2.23. The maximum Gasteiger partial charge on any atom is 0.401 e. The van der Waals surface area contributed by atoms with Crippen LogP contribution in [0.2, 0.25) is 0 Å². The molecule has 106 valence electrons. The standard InChI is InChI=1S/C12H21F3N2O/c1-8(2)11(18)17-5-9(3)4-10(6-17)16-7-12(13,14)15/h8-10,16H,4-7H2,1-3H3. The SMILES string of the molecule is CC1CC(NCC(F)(F)F)CN(C(=O)C(C)C)C1. The third kappa shape index (κ3) is 4.84. The van der Waals surface area contributed by atoms with Crippen molar-refractivity contribution in [3.8, 4) is 0 Å². The van der Waals surface area contributed by atoms with Crippen LogP contribution in [0.25, 0.3) is 0 Å². The van der Waals surface area contributed by atoms with Crippen LogP contribution in [0.5, 0.6) is 0 Å². The topological polar surface area (TPSA) is 32.3 Å². The Labute approximate surface area is 106 Å². The highest BCUT2D eigenvalue weighted by Crippen LogP contribution is 2.20. The van der Waals surface area contributed by atoms with Crippen molar-refractivity contribution in [1.29, 1.82) is 0 Å². The third-order valence-electron chi connectivity index (χ3n) is 3.06. The van der Waals surface area contributed by atoms with Crippen molar-refractivity contribution in [2.45, 2.75) is 39.4 Å². The lowest BCUT2D eigenvalue weighted by Gasteiger charge is -2.38. The van der Waals surface area contributed by atoms with E-state index in [1.54, 1.807) is 18.7 Å². The van der Waals surface area contributed by atoms with Crippen LogP contribution in [0, 0.1) is 11.8 Å². The van der Waals surface area contributed by atoms with Gasteiger partial charge in [-0.15, -0.1) is 0 Å². The number of nitrogens with zero attached hydrogens (tertiary/aromatic N) is 1. The van der Waals surface area contributed by atoms with E-state index in [2.05, 4.69) is 5.32 Å². The van der Waals surface area contributed by atoms with E-state index < -0.39 is 12.7 Å². The largest absolute Gasteiger partial charge is 0.401 e. The Hall–Kier alpha value is -0.780. The molecule has 3 nitrogen and oxygen atoms in total. The fraction of sp³-hybridized carbons (Fsp3) is 0.917. The molecule has 0 spiro atoms. The molecule has 1 aliphatic heterocycles. The molecule has 0 saturated carbocycles. The predicted molar refractivity (Wildman–Crippen MR) is 63.0 cm³/mol. The van der Waals surface area contributed by atoms with Crippen LogP contribution in [0.4, 0.5) is 13.2 Å². The van der Waals surface area contributed by atoms with Gasteiger partial charge in [0.05, 0.1) is 6.54 Å². The average molecular weight is 266 g/mol. The molecule has 1 N–H and O–H groups in total. The molecule has 0 radical (unpaired) electrons. The molecule has 1 amide bonds. The van der Waals surface area contributed by atoms with Gasteiger partial charge in [-0.05, 0) is 12.3 Å². The highest BCUT2D eigenvalue weighted by molar-refractivity contribution is 5.78. The predicted octanol–water partition coefficient (Wildman–Crippen LogP) is 2.03. The molecule has 0 aliphatic carbocycles. The first-order valence-corrected chi connectivity index (χ1v) is 6.28. The number of hydrogen-bond donors (Lipinski definition) is 1. The van der Waals surface area contributed by atoms with E-state index >= 15 is 0 Å². The number of carbonyl (C=O) groups excluding carboxylic acids is 1. The molecule has 0 aromatic rings. The Morgan fingerprint density at radius 1 is 1.39 bits per heavy atom. The van der Waals surface area contributed by atoms with Crippen LogP contribution in [0.15, 0.2) is 0 Å². The summed E-state index contributed by atoms with van der Waals surface area (Å²) >= 11 is 0. The Morgan fingerprint density at radius 3 is 2.50 bits per heavy atom. The molecule has 1 saturated heterocycles. The van der Waals surface area contributed by atoms with E-state index in [9.17, 15) is 18.0 Å². The van der Waals surface area contributed by atoms with Gasteiger partial charge in [0, 0.05) is 25.0 Å². The molecule has 0 bridgehead atoms. The van der Waals surface area contributed by atoms with Crippen LogP contribution in [-0.2, 0) is 4.79 Å². The molecule has 1 rings (SSSR count). The van der Waals surface area contributed by atoms with Gasteiger partial charge in [-0.2, -0.15) is 13.2 Å². The van der Waals surface area contributed by atoms with Crippen LogP contribution in [0.1, 0.15) is 27.2 Å². The van der Waals surface area contributed by atoms with E-state index in [-0.39, 0.29) is 23.8 Å². The minimum absolute atomic E-state index is 0.0142. The number of amides is 1. The summed E-state index contributed by atoms with van der Waals surface area (Å²) in [6, 6.07) is -0.266. The smallest absolute Gasteiger partial charge is 0.341 e. The summed E-state index contributed by atoms with van der Waals surface area (Å²) in [7, 11) is 0. The first kappa shape index (κ1) is 15.3. The molecule has 1 aliphatic rings. The van der Waals surface area contributed by atoms with Crippen LogP contribution < -0.4 is 5.32 Å². The van der Waals surface area contributed by atoms with E-state index in [1.165, 1.54) is 0 Å². The molecule has 0 aromatic carbocycles. The summed E-state index contributed by atoms with van der Waals surface area (Å²) in [4.78, 5) is 13.5. The second-order valence-electron chi connectivity index (χ2n) is 5.43. The zero-order valence-corrected chi connectivity index (χ0v) is 11.0. The van der Waals surface area contributed by atoms with Gasteiger partial charge in [-0.3, -0.25) is 4.79 Å². The molecule has 1 fully saturated rings. The number of alkyl halides is 3. The number of piperidine rings is 1. The number of likely N-dealkylation sites (tertiary alicyclic amines) is 1. The van der Waals surface area contributed by atoms with Crippen molar-refractivity contribution >= 4 is 5.91 Å². The maximum absolute atomic E-state index is 12.1. The molecule has 2 atom stereocenters. The molecular formula is C12H21F3N2O. The number of halogens is 3. The summed E-state index contributed by atoms with van der Waals surface area (Å²) in [5, 5.41) is 2.50. The molecule has 18 heavy (non-hydrogen) atoms. The van der Waals surface area contributed by atoms with Crippen LogP contribution in [-0.4, -0.2) is 42.7 Å². The van der Waals surface area contributed by atoms with E-state index in [1.807, 2.05) is 6.92 Å². The summed E-state index contributed by atoms with van der Waals surface area (Å²) < 4.78 is 36.4. The first-order valence-electron chi connectivity index (χ1n) is 6.28. The minimum Gasteiger partial charge on any atom is -0.341 e. The monoisotopic (exact) mass is 266 g/mol. The van der Waals surface area contributed by atoms with Gasteiger partial charge in [0.15, 0.2) is 0 Å². The second-order valence-corrected chi connectivity index (χ2v) is 5.43. The lowest BCUT2D eigenvalue weighted by atomic mass is 9.95. The summed E-state index contributed by atoms with van der Waals surface area (Å²) in [6.07, 6.45) is -3.52. The Balaban J connectivity index is 2.53. The van der Waals surface area contributed by atoms with Gasteiger partial charge in [0.25, 0.3) is 0 Å². The molecule has 2 unspecified atom stereocenters. The molecule has 0 aromatic heterocycles. The van der Waals surface area contributed by atoms with Gasteiger partial charge >= 0.3 is 6.18 Å². The van der Waals surface area contributed by atoms with Crippen molar-refractivity contribution in [2.75, 3.05) is 19.6 Å². The van der Waals surface area contributed by atoms with Gasteiger partial charge in [-0.25, -0.2) is 0 Å². The first-order chi connectivity index (χ1) is 8.19. The van der Waals surface area contributed by atoms with Crippen molar-refractivity contribution < 1.29 is 18.0 Å². The van der Waals surface area contributed by atoms with E-state index in [0.717, 1.165) is 0 Å². The molecule has 6 heteroatoms. The maximum atomic E-state index is 12.1. The van der Waals surface area contributed by atoms with Crippen LogP contribution >= 0.6 is 0 Å². The van der Waals surface area contributed by atoms with Crippen molar-refractivity contribution in [3.63, 3.8) is 0 Å². The van der Waals surface area contributed by atoms with Crippen molar-refractivity contribution in [2.24, 2.45) is 11.8 Å². The summed E-state index contributed by atoms with van der Waals surface area (Å²) in [5.41, 5.74) is 0. The number of rotatable bonds is 3. The number of hydrogen-bond acceptors (Lipinski definition) is 2.